The maximum Gasteiger partial charge on any atom is 0.175 e. The van der Waals surface area contributed by atoms with Crippen molar-refractivity contribution >= 4 is 15.5 Å². The molecule has 0 spiro atoms. The molecule has 0 saturated carbocycles. The van der Waals surface area contributed by atoms with Gasteiger partial charge in [-0.15, -0.1) is 0 Å². The number of aryl methyl sites for hydroxylation is 1. The first-order valence-electron chi connectivity index (χ1n) is 5.40. The Bertz CT molecular complexity index is 677. The summed E-state index contributed by atoms with van der Waals surface area (Å²) in [6, 6.07) is 8.53. The third-order valence-corrected chi connectivity index (χ3v) is 3.86. The van der Waals surface area contributed by atoms with Crippen molar-refractivity contribution in [2.45, 2.75) is 11.8 Å². The number of anilines is 1. The molecule has 2 aromatic rings. The first-order chi connectivity index (χ1) is 8.38. The zero-order chi connectivity index (χ0) is 13.3. The Labute approximate surface area is 106 Å². The Morgan fingerprint density at radius 1 is 1.17 bits per heavy atom. The van der Waals surface area contributed by atoms with Crippen molar-refractivity contribution in [2.75, 3.05) is 12.0 Å². The van der Waals surface area contributed by atoms with Gasteiger partial charge in [-0.25, -0.2) is 8.42 Å². The van der Waals surface area contributed by atoms with Crippen LogP contribution in [0.25, 0.3) is 11.3 Å². The van der Waals surface area contributed by atoms with E-state index in [0.29, 0.717) is 10.6 Å². The Balaban J connectivity index is 2.43. The molecule has 0 aliphatic heterocycles. The quantitative estimate of drug-likeness (QED) is 0.899. The van der Waals surface area contributed by atoms with Crippen molar-refractivity contribution in [3.8, 4) is 11.3 Å². The molecule has 18 heavy (non-hydrogen) atoms. The Hall–Kier alpha value is -1.88. The second-order valence-corrected chi connectivity index (χ2v) is 6.24. The highest BCUT2D eigenvalue weighted by Gasteiger charge is 2.07. The molecule has 0 atom stereocenters. The first kappa shape index (κ1) is 12.6. The number of sulfone groups is 1. The molecule has 0 unspecified atom stereocenters. The number of nitrogen functional groups attached to an aromatic ring is 1. The van der Waals surface area contributed by atoms with Crippen molar-refractivity contribution in [2.24, 2.45) is 0 Å². The molecular weight excluding hydrogens is 248 g/mol. The van der Waals surface area contributed by atoms with E-state index in [9.17, 15) is 8.42 Å². The topological polar surface area (TPSA) is 73.0 Å². The van der Waals surface area contributed by atoms with E-state index >= 15 is 0 Å². The van der Waals surface area contributed by atoms with Crippen molar-refractivity contribution in [3.05, 3.63) is 42.1 Å². The van der Waals surface area contributed by atoms with E-state index in [0.717, 1.165) is 16.8 Å². The molecule has 0 aliphatic carbocycles. The summed E-state index contributed by atoms with van der Waals surface area (Å²) in [5.41, 5.74) is 8.95. The molecular formula is C13H14N2O2S. The van der Waals surface area contributed by atoms with Crippen LogP contribution in [0, 0.1) is 6.92 Å². The predicted octanol–water partition coefficient (Wildman–Crippen LogP) is 2.04. The maximum atomic E-state index is 11.3. The van der Waals surface area contributed by atoms with Crippen molar-refractivity contribution in [1.82, 2.24) is 4.98 Å². The SMILES string of the molecule is Cc1cc(-c2ccc(S(C)(=O)=O)cc2)ncc1N. The summed E-state index contributed by atoms with van der Waals surface area (Å²) in [6.07, 6.45) is 2.79. The predicted molar refractivity (Wildman–Crippen MR) is 71.9 cm³/mol. The lowest BCUT2D eigenvalue weighted by atomic mass is 10.1. The van der Waals surface area contributed by atoms with Gasteiger partial charge in [0.1, 0.15) is 0 Å². The Morgan fingerprint density at radius 3 is 2.28 bits per heavy atom. The number of hydrogen-bond acceptors (Lipinski definition) is 4. The van der Waals surface area contributed by atoms with Crippen LogP contribution >= 0.6 is 0 Å². The summed E-state index contributed by atoms with van der Waals surface area (Å²) in [5.74, 6) is 0. The minimum absolute atomic E-state index is 0.304. The summed E-state index contributed by atoms with van der Waals surface area (Å²) < 4.78 is 22.7. The van der Waals surface area contributed by atoms with Gasteiger partial charge in [-0.3, -0.25) is 4.98 Å². The van der Waals surface area contributed by atoms with Crippen LogP contribution in [0.15, 0.2) is 41.4 Å². The van der Waals surface area contributed by atoms with Crippen LogP contribution in [0.5, 0.6) is 0 Å². The summed E-state index contributed by atoms with van der Waals surface area (Å²) in [5, 5.41) is 0. The van der Waals surface area contributed by atoms with Crippen molar-refractivity contribution < 1.29 is 8.42 Å². The lowest BCUT2D eigenvalue weighted by Crippen LogP contribution is -1.97. The highest BCUT2D eigenvalue weighted by molar-refractivity contribution is 7.90. The largest absolute Gasteiger partial charge is 0.397 e. The van der Waals surface area contributed by atoms with Gasteiger partial charge in [0.2, 0.25) is 0 Å². The van der Waals surface area contributed by atoms with E-state index in [1.807, 2.05) is 13.0 Å². The van der Waals surface area contributed by atoms with Gasteiger partial charge in [0.05, 0.1) is 22.5 Å². The lowest BCUT2D eigenvalue weighted by molar-refractivity contribution is 0.602. The van der Waals surface area contributed by atoms with Crippen LogP contribution in [0.3, 0.4) is 0 Å². The van der Waals surface area contributed by atoms with E-state index in [1.54, 1.807) is 30.5 Å². The van der Waals surface area contributed by atoms with Gasteiger partial charge in [-0.05, 0) is 30.7 Å². The molecule has 0 fully saturated rings. The monoisotopic (exact) mass is 262 g/mol. The minimum atomic E-state index is -3.16. The number of nitrogens with zero attached hydrogens (tertiary/aromatic N) is 1. The number of pyridine rings is 1. The van der Waals surface area contributed by atoms with Crippen molar-refractivity contribution in [1.29, 1.82) is 0 Å². The fourth-order valence-corrected chi connectivity index (χ4v) is 2.23. The first-order valence-corrected chi connectivity index (χ1v) is 7.29. The van der Waals surface area contributed by atoms with Crippen LogP contribution in [0.2, 0.25) is 0 Å². The smallest absolute Gasteiger partial charge is 0.175 e. The molecule has 2 rings (SSSR count). The van der Waals surface area contributed by atoms with Gasteiger partial charge in [0.15, 0.2) is 9.84 Å². The van der Waals surface area contributed by atoms with Crippen LogP contribution in [-0.2, 0) is 9.84 Å². The van der Waals surface area contributed by atoms with E-state index in [2.05, 4.69) is 4.98 Å². The zero-order valence-electron chi connectivity index (χ0n) is 10.2. The molecule has 94 valence electrons. The van der Waals surface area contributed by atoms with Gasteiger partial charge in [-0.2, -0.15) is 0 Å². The number of benzene rings is 1. The van der Waals surface area contributed by atoms with Crippen LogP contribution in [-0.4, -0.2) is 19.7 Å². The average Bonchev–Trinajstić information content (AvgIpc) is 2.32. The average molecular weight is 262 g/mol. The molecule has 0 radical (unpaired) electrons. The van der Waals surface area contributed by atoms with E-state index < -0.39 is 9.84 Å². The van der Waals surface area contributed by atoms with E-state index in [1.165, 1.54) is 6.26 Å². The molecule has 0 amide bonds. The molecule has 1 aromatic carbocycles. The molecule has 1 aromatic heterocycles. The highest BCUT2D eigenvalue weighted by Crippen LogP contribution is 2.22. The van der Waals surface area contributed by atoms with E-state index in [-0.39, 0.29) is 0 Å². The number of nitrogens with two attached hydrogens (primary N) is 1. The number of hydrogen-bond donors (Lipinski definition) is 1. The number of aromatic nitrogens is 1. The molecule has 0 saturated heterocycles. The molecule has 1 heterocycles. The van der Waals surface area contributed by atoms with E-state index in [4.69, 9.17) is 5.73 Å². The van der Waals surface area contributed by atoms with Gasteiger partial charge in [0.25, 0.3) is 0 Å². The highest BCUT2D eigenvalue weighted by atomic mass is 32.2. The second-order valence-electron chi connectivity index (χ2n) is 4.22. The Morgan fingerprint density at radius 2 is 1.78 bits per heavy atom. The van der Waals surface area contributed by atoms with Gasteiger partial charge < -0.3 is 5.73 Å². The van der Waals surface area contributed by atoms with Gasteiger partial charge in [-0.1, -0.05) is 12.1 Å². The van der Waals surface area contributed by atoms with Crippen LogP contribution in [0.1, 0.15) is 5.56 Å². The molecule has 5 heteroatoms. The summed E-state index contributed by atoms with van der Waals surface area (Å²) in [6.45, 7) is 1.91. The lowest BCUT2D eigenvalue weighted by Gasteiger charge is -2.05. The van der Waals surface area contributed by atoms with Crippen LogP contribution < -0.4 is 5.73 Å². The number of rotatable bonds is 2. The third-order valence-electron chi connectivity index (χ3n) is 2.73. The van der Waals surface area contributed by atoms with Gasteiger partial charge in [0, 0.05) is 11.8 Å². The standard InChI is InChI=1S/C13H14N2O2S/c1-9-7-13(15-8-12(9)14)10-3-5-11(6-4-10)18(2,16)17/h3-8H,14H2,1-2H3. The molecule has 4 nitrogen and oxygen atoms in total. The molecule has 0 bridgehead atoms. The van der Waals surface area contributed by atoms with Crippen LogP contribution in [0.4, 0.5) is 5.69 Å². The summed E-state index contributed by atoms with van der Waals surface area (Å²) in [7, 11) is -3.16. The molecule has 2 N–H and O–H groups in total. The molecule has 0 aliphatic rings. The minimum Gasteiger partial charge on any atom is -0.397 e. The Kier molecular flexibility index (Phi) is 3.09. The van der Waals surface area contributed by atoms with Gasteiger partial charge >= 0.3 is 0 Å². The maximum absolute atomic E-state index is 11.3. The third kappa shape index (κ3) is 2.51. The normalized spacial score (nSPS) is 11.4. The van der Waals surface area contributed by atoms with Crippen molar-refractivity contribution in [3.63, 3.8) is 0 Å². The zero-order valence-corrected chi connectivity index (χ0v) is 11.0. The second kappa shape index (κ2) is 4.42. The fraction of sp³-hybridized carbons (Fsp3) is 0.154. The summed E-state index contributed by atoms with van der Waals surface area (Å²) in [4.78, 5) is 4.53. The summed E-state index contributed by atoms with van der Waals surface area (Å²) >= 11 is 0. The fourth-order valence-electron chi connectivity index (χ4n) is 1.60.